The Morgan fingerprint density at radius 3 is 2.68 bits per heavy atom. The Labute approximate surface area is 131 Å². The number of carbonyl (C=O) groups is 1. The predicted molar refractivity (Wildman–Crippen MR) is 77.1 cm³/mol. The van der Waals surface area contributed by atoms with Crippen molar-refractivity contribution < 1.29 is 28.5 Å². The molecule has 0 aromatic carbocycles. The highest BCUT2D eigenvalue weighted by Gasteiger charge is 2.49. The lowest BCUT2D eigenvalue weighted by molar-refractivity contribution is -0.246. The van der Waals surface area contributed by atoms with Gasteiger partial charge in [-0.1, -0.05) is 0 Å². The molecule has 126 valence electrons. The third kappa shape index (κ3) is 3.62. The van der Waals surface area contributed by atoms with Crippen molar-refractivity contribution >= 4 is 5.97 Å². The maximum Gasteiger partial charge on any atom is 0.311 e. The minimum atomic E-state index is -0.620. The molecular weight excluding hydrogens is 288 g/mol. The molecule has 6 nitrogen and oxygen atoms in total. The summed E-state index contributed by atoms with van der Waals surface area (Å²) < 4.78 is 28.5. The smallest absolute Gasteiger partial charge is 0.311 e. The van der Waals surface area contributed by atoms with E-state index in [-0.39, 0.29) is 24.3 Å². The van der Waals surface area contributed by atoms with Crippen molar-refractivity contribution in [3.8, 4) is 0 Å². The molecule has 1 unspecified atom stereocenters. The molecule has 3 atom stereocenters. The van der Waals surface area contributed by atoms with Crippen molar-refractivity contribution in [1.29, 1.82) is 0 Å². The Morgan fingerprint density at radius 1 is 1.18 bits per heavy atom. The molecule has 0 aromatic rings. The zero-order chi connectivity index (χ0) is 15.4. The van der Waals surface area contributed by atoms with Crippen LogP contribution in [0.25, 0.3) is 0 Å². The average molecular weight is 314 g/mol. The fourth-order valence-electron chi connectivity index (χ4n) is 3.55. The molecular formula is C16H26O6. The van der Waals surface area contributed by atoms with E-state index in [9.17, 15) is 4.79 Å². The van der Waals surface area contributed by atoms with Crippen molar-refractivity contribution in [2.75, 3.05) is 26.4 Å². The van der Waals surface area contributed by atoms with Crippen LogP contribution in [-0.2, 0) is 28.5 Å². The molecule has 1 aliphatic carbocycles. The maximum absolute atomic E-state index is 12.3. The quantitative estimate of drug-likeness (QED) is 0.740. The first-order valence-electron chi connectivity index (χ1n) is 8.44. The lowest BCUT2D eigenvalue weighted by Crippen LogP contribution is -2.48. The second kappa shape index (κ2) is 7.25. The van der Waals surface area contributed by atoms with Gasteiger partial charge in [0.1, 0.15) is 0 Å². The van der Waals surface area contributed by atoms with Crippen LogP contribution in [0.5, 0.6) is 0 Å². The van der Waals surface area contributed by atoms with E-state index in [0.29, 0.717) is 26.2 Å². The van der Waals surface area contributed by atoms with Gasteiger partial charge in [0.2, 0.25) is 0 Å². The summed E-state index contributed by atoms with van der Waals surface area (Å²) in [4.78, 5) is 12.3. The second-order valence-electron chi connectivity index (χ2n) is 6.18. The molecule has 0 bridgehead atoms. The van der Waals surface area contributed by atoms with E-state index in [4.69, 9.17) is 23.7 Å². The van der Waals surface area contributed by atoms with Crippen LogP contribution in [0, 0.1) is 5.92 Å². The van der Waals surface area contributed by atoms with Gasteiger partial charge < -0.3 is 23.7 Å². The van der Waals surface area contributed by atoms with Crippen molar-refractivity contribution in [3.05, 3.63) is 0 Å². The number of ether oxygens (including phenoxy) is 5. The summed E-state index contributed by atoms with van der Waals surface area (Å²) in [6, 6.07) is 0. The molecule has 3 fully saturated rings. The summed E-state index contributed by atoms with van der Waals surface area (Å²) in [5, 5.41) is 0. The Morgan fingerprint density at radius 2 is 2.00 bits per heavy atom. The lowest BCUT2D eigenvalue weighted by Gasteiger charge is -2.41. The first kappa shape index (κ1) is 16.2. The number of esters is 1. The number of hydrogen-bond donors (Lipinski definition) is 0. The molecule has 0 radical (unpaired) electrons. The number of carbonyl (C=O) groups excluding carboxylic acids is 1. The van der Waals surface area contributed by atoms with E-state index in [1.54, 1.807) is 0 Å². The van der Waals surface area contributed by atoms with E-state index >= 15 is 0 Å². The highest BCUT2D eigenvalue weighted by Crippen LogP contribution is 2.41. The van der Waals surface area contributed by atoms with Crippen LogP contribution in [0.4, 0.5) is 0 Å². The van der Waals surface area contributed by atoms with Crippen LogP contribution in [0.2, 0.25) is 0 Å². The largest absolute Gasteiger partial charge is 0.466 e. The van der Waals surface area contributed by atoms with Crippen LogP contribution >= 0.6 is 0 Å². The third-order valence-corrected chi connectivity index (χ3v) is 4.66. The molecule has 0 N–H and O–H groups in total. The summed E-state index contributed by atoms with van der Waals surface area (Å²) in [6.45, 7) is 4.10. The number of rotatable bonds is 4. The Balaban J connectivity index is 1.65. The predicted octanol–water partition coefficient (Wildman–Crippen LogP) is 2.00. The molecule has 0 aromatic heterocycles. The Kier molecular flexibility index (Phi) is 5.33. The topological polar surface area (TPSA) is 63.2 Å². The van der Waals surface area contributed by atoms with Crippen molar-refractivity contribution in [2.24, 2.45) is 5.92 Å². The highest BCUT2D eigenvalue weighted by molar-refractivity contribution is 5.73. The monoisotopic (exact) mass is 314 g/mol. The van der Waals surface area contributed by atoms with Gasteiger partial charge in [-0.15, -0.1) is 0 Å². The first-order valence-corrected chi connectivity index (χ1v) is 8.44. The van der Waals surface area contributed by atoms with Gasteiger partial charge in [0.05, 0.1) is 31.8 Å². The van der Waals surface area contributed by atoms with Gasteiger partial charge in [-0.25, -0.2) is 0 Å². The lowest BCUT2D eigenvalue weighted by atomic mass is 9.82. The summed E-state index contributed by atoms with van der Waals surface area (Å²) in [7, 11) is 0. The molecule has 2 aliphatic heterocycles. The van der Waals surface area contributed by atoms with E-state index in [1.807, 2.05) is 6.92 Å². The molecule has 3 rings (SSSR count). The minimum Gasteiger partial charge on any atom is -0.466 e. The van der Waals surface area contributed by atoms with E-state index in [0.717, 1.165) is 38.7 Å². The van der Waals surface area contributed by atoms with Gasteiger partial charge in [-0.2, -0.15) is 0 Å². The SMILES string of the molecule is CCOC(=O)[C@@H]1CC2(CC[C@@H]1OC1CCCCO1)OCCO2. The van der Waals surface area contributed by atoms with Crippen molar-refractivity contribution in [2.45, 2.75) is 63.6 Å². The van der Waals surface area contributed by atoms with Gasteiger partial charge >= 0.3 is 5.97 Å². The summed E-state index contributed by atoms with van der Waals surface area (Å²) in [6.07, 6.45) is 4.68. The normalized spacial score (nSPS) is 34.7. The molecule has 3 aliphatic rings. The summed E-state index contributed by atoms with van der Waals surface area (Å²) in [5.74, 6) is -1.19. The Bertz CT molecular complexity index is 373. The summed E-state index contributed by atoms with van der Waals surface area (Å²) in [5.41, 5.74) is 0. The molecule has 0 amide bonds. The van der Waals surface area contributed by atoms with Crippen LogP contribution in [0.15, 0.2) is 0 Å². The van der Waals surface area contributed by atoms with E-state index in [2.05, 4.69) is 0 Å². The Hall–Kier alpha value is -0.690. The molecule has 1 spiro atoms. The fraction of sp³-hybridized carbons (Fsp3) is 0.938. The first-order chi connectivity index (χ1) is 10.7. The second-order valence-corrected chi connectivity index (χ2v) is 6.18. The van der Waals surface area contributed by atoms with Gasteiger partial charge in [0, 0.05) is 19.4 Å². The molecule has 1 saturated carbocycles. The van der Waals surface area contributed by atoms with Crippen molar-refractivity contribution in [3.63, 3.8) is 0 Å². The molecule has 22 heavy (non-hydrogen) atoms. The minimum absolute atomic E-state index is 0.180. The number of hydrogen-bond acceptors (Lipinski definition) is 6. The van der Waals surface area contributed by atoms with Crippen molar-refractivity contribution in [1.82, 2.24) is 0 Å². The van der Waals surface area contributed by atoms with Crippen LogP contribution in [0.3, 0.4) is 0 Å². The highest BCUT2D eigenvalue weighted by atomic mass is 16.7. The van der Waals surface area contributed by atoms with Crippen LogP contribution < -0.4 is 0 Å². The molecule has 6 heteroatoms. The average Bonchev–Trinajstić information content (AvgIpc) is 2.99. The van der Waals surface area contributed by atoms with Crippen LogP contribution in [-0.4, -0.2) is 50.6 Å². The van der Waals surface area contributed by atoms with E-state index in [1.165, 1.54) is 0 Å². The van der Waals surface area contributed by atoms with Gasteiger partial charge in [-0.3, -0.25) is 4.79 Å². The zero-order valence-corrected chi connectivity index (χ0v) is 13.3. The van der Waals surface area contributed by atoms with Gasteiger partial charge in [0.15, 0.2) is 12.1 Å². The van der Waals surface area contributed by atoms with E-state index < -0.39 is 5.79 Å². The zero-order valence-electron chi connectivity index (χ0n) is 13.3. The molecule has 2 saturated heterocycles. The van der Waals surface area contributed by atoms with Gasteiger partial charge in [-0.05, 0) is 32.6 Å². The fourth-order valence-corrected chi connectivity index (χ4v) is 3.55. The summed E-state index contributed by atoms with van der Waals surface area (Å²) >= 11 is 0. The standard InChI is InChI=1S/C16H26O6/c1-2-18-15(17)12-11-16(20-9-10-21-16)7-6-13(12)22-14-5-3-4-8-19-14/h12-14H,2-11H2,1H3/t12-,13+,14?/m1/s1. The maximum atomic E-state index is 12.3. The van der Waals surface area contributed by atoms with Gasteiger partial charge in [0.25, 0.3) is 0 Å². The third-order valence-electron chi connectivity index (χ3n) is 4.66. The molecule has 2 heterocycles. The van der Waals surface area contributed by atoms with Crippen LogP contribution in [0.1, 0.15) is 45.4 Å².